The van der Waals surface area contributed by atoms with Gasteiger partial charge in [0.05, 0.1) is 0 Å². The van der Waals surface area contributed by atoms with Gasteiger partial charge in [0.1, 0.15) is 0 Å². The Morgan fingerprint density at radius 3 is 2.46 bits per heavy atom. The fraction of sp³-hybridized carbons (Fsp3) is 0.571. The molecule has 2 aliphatic rings. The minimum atomic E-state index is -0.309. The number of allylic oxidation sites excluding steroid dienone is 2. The Labute approximate surface area is 145 Å². The summed E-state index contributed by atoms with van der Waals surface area (Å²) in [6, 6.07) is 8.78. The molecule has 1 aromatic carbocycles. The first-order chi connectivity index (χ1) is 11.3. The molecule has 1 aliphatic carbocycles. The summed E-state index contributed by atoms with van der Waals surface area (Å²) in [5, 5.41) is 0. The van der Waals surface area contributed by atoms with E-state index in [4.69, 9.17) is 5.73 Å². The lowest BCUT2D eigenvalue weighted by atomic mass is 9.76. The monoisotopic (exact) mass is 326 g/mol. The van der Waals surface area contributed by atoms with Crippen molar-refractivity contribution in [2.75, 3.05) is 13.1 Å². The Hall–Kier alpha value is -1.61. The van der Waals surface area contributed by atoms with Crippen LogP contribution in [-0.4, -0.2) is 23.9 Å². The molecule has 0 spiro atoms. The van der Waals surface area contributed by atoms with Crippen LogP contribution in [0.2, 0.25) is 0 Å². The van der Waals surface area contributed by atoms with E-state index in [0.717, 1.165) is 38.8 Å². The normalized spacial score (nSPS) is 22.8. The molecule has 130 valence electrons. The number of hydrogen-bond donors (Lipinski definition) is 1. The molecule has 0 atom stereocenters. The van der Waals surface area contributed by atoms with E-state index in [9.17, 15) is 4.79 Å². The van der Waals surface area contributed by atoms with Crippen LogP contribution in [0, 0.1) is 5.41 Å². The van der Waals surface area contributed by atoms with Crippen LogP contribution in [0.1, 0.15) is 64.0 Å². The molecule has 1 aliphatic heterocycles. The van der Waals surface area contributed by atoms with Gasteiger partial charge in [0, 0.05) is 25.6 Å². The van der Waals surface area contributed by atoms with Crippen molar-refractivity contribution >= 4 is 11.5 Å². The Morgan fingerprint density at radius 1 is 1.17 bits per heavy atom. The quantitative estimate of drug-likeness (QED) is 0.890. The summed E-state index contributed by atoms with van der Waals surface area (Å²) < 4.78 is 0. The van der Waals surface area contributed by atoms with Gasteiger partial charge in [-0.1, -0.05) is 38.1 Å². The highest BCUT2D eigenvalue weighted by Gasteiger charge is 2.33. The van der Waals surface area contributed by atoms with Crippen LogP contribution in [0.25, 0.3) is 5.57 Å². The maximum Gasteiger partial charge on any atom is 0.219 e. The molecule has 1 saturated heterocycles. The van der Waals surface area contributed by atoms with Crippen molar-refractivity contribution in [2.45, 2.75) is 58.4 Å². The molecule has 1 amide bonds. The van der Waals surface area contributed by atoms with Gasteiger partial charge in [-0.15, -0.1) is 0 Å². The van der Waals surface area contributed by atoms with Crippen molar-refractivity contribution < 1.29 is 4.79 Å². The molecule has 3 heteroatoms. The lowest BCUT2D eigenvalue weighted by molar-refractivity contribution is -0.130. The van der Waals surface area contributed by atoms with E-state index in [1.54, 1.807) is 6.92 Å². The summed E-state index contributed by atoms with van der Waals surface area (Å²) in [4.78, 5) is 13.4. The number of nitrogens with two attached hydrogens (primary N) is 1. The highest BCUT2D eigenvalue weighted by atomic mass is 16.2. The average molecular weight is 326 g/mol. The maximum atomic E-state index is 11.5. The van der Waals surface area contributed by atoms with E-state index in [2.05, 4.69) is 44.2 Å². The number of hydrogen-bond acceptors (Lipinski definition) is 2. The van der Waals surface area contributed by atoms with Gasteiger partial charge in [-0.25, -0.2) is 0 Å². The smallest absolute Gasteiger partial charge is 0.219 e. The molecule has 0 saturated carbocycles. The molecule has 3 nitrogen and oxygen atoms in total. The van der Waals surface area contributed by atoms with Gasteiger partial charge >= 0.3 is 0 Å². The number of carbonyl (C=O) groups excluding carboxylic acids is 1. The van der Waals surface area contributed by atoms with Crippen molar-refractivity contribution in [1.29, 1.82) is 0 Å². The van der Waals surface area contributed by atoms with Crippen LogP contribution in [0.4, 0.5) is 0 Å². The zero-order valence-corrected chi connectivity index (χ0v) is 15.3. The lowest BCUT2D eigenvalue weighted by Gasteiger charge is -2.39. The van der Waals surface area contributed by atoms with Gasteiger partial charge in [0.2, 0.25) is 5.91 Å². The summed E-state index contributed by atoms with van der Waals surface area (Å²) in [5.41, 5.74) is 10.8. The summed E-state index contributed by atoms with van der Waals surface area (Å²) in [5.74, 6) is 0.153. The minimum Gasteiger partial charge on any atom is -0.343 e. The Morgan fingerprint density at radius 2 is 1.88 bits per heavy atom. The van der Waals surface area contributed by atoms with Crippen LogP contribution in [0.5, 0.6) is 0 Å². The number of carbonyl (C=O) groups is 1. The van der Waals surface area contributed by atoms with Gasteiger partial charge in [-0.3, -0.25) is 4.79 Å². The molecule has 0 aromatic heterocycles. The highest BCUT2D eigenvalue weighted by Crippen LogP contribution is 2.39. The predicted octanol–water partition coefficient (Wildman–Crippen LogP) is 4.08. The van der Waals surface area contributed by atoms with Gasteiger partial charge in [0.25, 0.3) is 0 Å². The molecule has 3 rings (SSSR count). The molecule has 0 unspecified atom stereocenters. The van der Waals surface area contributed by atoms with Crippen molar-refractivity contribution in [2.24, 2.45) is 11.1 Å². The minimum absolute atomic E-state index is 0.153. The van der Waals surface area contributed by atoms with E-state index in [-0.39, 0.29) is 11.4 Å². The maximum absolute atomic E-state index is 11.5. The number of nitrogens with zero attached hydrogens (tertiary/aromatic N) is 1. The van der Waals surface area contributed by atoms with Crippen molar-refractivity contribution in [3.8, 4) is 0 Å². The predicted molar refractivity (Wildman–Crippen MR) is 99.4 cm³/mol. The molecular formula is C21H30N2O. The fourth-order valence-corrected chi connectivity index (χ4v) is 3.88. The number of benzene rings is 1. The van der Waals surface area contributed by atoms with Crippen LogP contribution in [0.3, 0.4) is 0 Å². The summed E-state index contributed by atoms with van der Waals surface area (Å²) >= 11 is 0. The molecule has 1 aromatic rings. The SMILES string of the molecule is CC(=O)N1CCC(N)(c2cccc(C3=CCC(C)(C)CC3)c2)CC1. The lowest BCUT2D eigenvalue weighted by Crippen LogP contribution is -2.49. The first-order valence-electron chi connectivity index (χ1n) is 9.13. The third kappa shape index (κ3) is 3.56. The highest BCUT2D eigenvalue weighted by molar-refractivity contribution is 5.73. The molecule has 0 bridgehead atoms. The molecule has 24 heavy (non-hydrogen) atoms. The van der Waals surface area contributed by atoms with Gasteiger partial charge in [0.15, 0.2) is 0 Å². The molecule has 2 N–H and O–H groups in total. The van der Waals surface area contributed by atoms with Gasteiger partial charge in [-0.2, -0.15) is 0 Å². The third-order valence-corrected chi connectivity index (χ3v) is 5.88. The van der Waals surface area contributed by atoms with E-state index >= 15 is 0 Å². The second-order valence-corrected chi connectivity index (χ2v) is 8.34. The summed E-state index contributed by atoms with van der Waals surface area (Å²) in [6.07, 6.45) is 7.61. The second-order valence-electron chi connectivity index (χ2n) is 8.34. The van der Waals surface area contributed by atoms with E-state index in [1.807, 2.05) is 4.90 Å². The molecule has 1 fully saturated rings. The number of piperidine rings is 1. The summed E-state index contributed by atoms with van der Waals surface area (Å²) in [7, 11) is 0. The van der Waals surface area contributed by atoms with E-state index < -0.39 is 0 Å². The fourth-order valence-electron chi connectivity index (χ4n) is 3.88. The first kappa shape index (κ1) is 17.2. The average Bonchev–Trinajstić information content (AvgIpc) is 2.55. The Balaban J connectivity index is 1.79. The van der Waals surface area contributed by atoms with Gasteiger partial charge in [-0.05, 0) is 60.3 Å². The van der Waals surface area contributed by atoms with Crippen LogP contribution in [0.15, 0.2) is 30.3 Å². The summed E-state index contributed by atoms with van der Waals surface area (Å²) in [6.45, 7) is 7.84. The molecule has 0 radical (unpaired) electrons. The Bertz CT molecular complexity index is 652. The van der Waals surface area contributed by atoms with Gasteiger partial charge < -0.3 is 10.6 Å². The number of amides is 1. The van der Waals surface area contributed by atoms with E-state index in [0.29, 0.717) is 5.41 Å². The van der Waals surface area contributed by atoms with Crippen LogP contribution < -0.4 is 5.73 Å². The third-order valence-electron chi connectivity index (χ3n) is 5.88. The first-order valence-corrected chi connectivity index (χ1v) is 9.13. The van der Waals surface area contributed by atoms with Crippen molar-refractivity contribution in [3.63, 3.8) is 0 Å². The second kappa shape index (κ2) is 6.36. The number of likely N-dealkylation sites (tertiary alicyclic amines) is 1. The van der Waals surface area contributed by atoms with Crippen LogP contribution >= 0.6 is 0 Å². The standard InChI is InChI=1S/C21H30N2O/c1-16(24)23-13-11-21(22,12-14-23)19-6-4-5-18(15-19)17-7-9-20(2,3)10-8-17/h4-7,15H,8-14,22H2,1-3H3. The zero-order chi connectivity index (χ0) is 17.4. The zero-order valence-electron chi connectivity index (χ0n) is 15.3. The van der Waals surface area contributed by atoms with Crippen molar-refractivity contribution in [3.05, 3.63) is 41.5 Å². The number of rotatable bonds is 2. The Kier molecular flexibility index (Phi) is 4.56. The molecule has 1 heterocycles. The molecular weight excluding hydrogens is 296 g/mol. The van der Waals surface area contributed by atoms with Crippen molar-refractivity contribution in [1.82, 2.24) is 4.90 Å². The topological polar surface area (TPSA) is 46.3 Å². The van der Waals surface area contributed by atoms with Crippen LogP contribution in [-0.2, 0) is 10.3 Å². The largest absolute Gasteiger partial charge is 0.343 e. The van der Waals surface area contributed by atoms with E-state index in [1.165, 1.54) is 23.1 Å².